The van der Waals surface area contributed by atoms with E-state index in [0.29, 0.717) is 39.7 Å². The number of carbonyl (C=O) groups excluding carboxylic acids is 1. The summed E-state index contributed by atoms with van der Waals surface area (Å²) in [6.45, 7) is 4.93. The Morgan fingerprint density at radius 3 is 2.67 bits per heavy atom. The van der Waals surface area contributed by atoms with E-state index in [1.807, 2.05) is 44.2 Å². The fourth-order valence-corrected chi connectivity index (χ4v) is 3.45. The summed E-state index contributed by atoms with van der Waals surface area (Å²) in [5.41, 5.74) is 1.41. The van der Waals surface area contributed by atoms with Gasteiger partial charge in [-0.2, -0.15) is 0 Å². The predicted molar refractivity (Wildman–Crippen MR) is 111 cm³/mol. The highest BCUT2D eigenvalue weighted by Crippen LogP contribution is 2.33. The summed E-state index contributed by atoms with van der Waals surface area (Å²) in [6, 6.07) is 12.8. The molecule has 0 spiro atoms. The summed E-state index contributed by atoms with van der Waals surface area (Å²) in [6.07, 6.45) is 1.79. The molecule has 7 heteroatoms. The Bertz CT molecular complexity index is 912. The molecule has 1 aliphatic heterocycles. The fourth-order valence-electron chi connectivity index (χ4n) is 2.44. The molecule has 0 radical (unpaired) electrons. The zero-order chi connectivity index (χ0) is 19.2. The van der Waals surface area contributed by atoms with E-state index in [4.69, 9.17) is 21.1 Å². The number of halogens is 1. The summed E-state index contributed by atoms with van der Waals surface area (Å²) in [4.78, 5) is 17.3. The van der Waals surface area contributed by atoms with Crippen LogP contribution in [-0.2, 0) is 4.79 Å². The van der Waals surface area contributed by atoms with Crippen molar-refractivity contribution >= 4 is 46.2 Å². The van der Waals surface area contributed by atoms with Crippen molar-refractivity contribution < 1.29 is 14.3 Å². The Labute approximate surface area is 167 Å². The van der Waals surface area contributed by atoms with E-state index in [0.717, 1.165) is 11.3 Å². The van der Waals surface area contributed by atoms with E-state index in [2.05, 4.69) is 10.3 Å². The van der Waals surface area contributed by atoms with Crippen LogP contribution >= 0.6 is 23.4 Å². The molecule has 0 atom stereocenters. The van der Waals surface area contributed by atoms with E-state index < -0.39 is 0 Å². The van der Waals surface area contributed by atoms with Crippen LogP contribution in [0.4, 0.5) is 5.69 Å². The Morgan fingerprint density at radius 2 is 1.93 bits per heavy atom. The highest BCUT2D eigenvalue weighted by atomic mass is 35.5. The molecule has 1 heterocycles. The quantitative estimate of drug-likeness (QED) is 0.688. The van der Waals surface area contributed by atoms with Gasteiger partial charge in [0, 0.05) is 11.6 Å². The van der Waals surface area contributed by atoms with Crippen LogP contribution in [0, 0.1) is 0 Å². The monoisotopic (exact) mass is 402 g/mol. The molecule has 0 saturated carbocycles. The molecule has 5 nitrogen and oxygen atoms in total. The lowest BCUT2D eigenvalue weighted by Gasteiger charge is -2.10. The maximum atomic E-state index is 12.3. The first kappa shape index (κ1) is 19.3. The third kappa shape index (κ3) is 4.84. The van der Waals surface area contributed by atoms with Crippen LogP contribution in [0.15, 0.2) is 52.4 Å². The Kier molecular flexibility index (Phi) is 6.42. The Morgan fingerprint density at radius 1 is 1.15 bits per heavy atom. The predicted octanol–water partition coefficient (Wildman–Crippen LogP) is 5.03. The third-order valence-electron chi connectivity index (χ3n) is 3.61. The van der Waals surface area contributed by atoms with Gasteiger partial charge in [-0.05, 0) is 56.0 Å². The lowest BCUT2D eigenvalue weighted by Crippen LogP contribution is -2.19. The first-order valence-electron chi connectivity index (χ1n) is 8.54. The normalized spacial score (nSPS) is 16.6. The van der Waals surface area contributed by atoms with Gasteiger partial charge >= 0.3 is 0 Å². The maximum absolute atomic E-state index is 12.3. The molecule has 1 N–H and O–H groups in total. The molecule has 0 aliphatic carbocycles. The number of ether oxygens (including phenoxy) is 2. The van der Waals surface area contributed by atoms with Gasteiger partial charge in [0.05, 0.1) is 28.8 Å². The maximum Gasteiger partial charge on any atom is 0.264 e. The van der Waals surface area contributed by atoms with Crippen LogP contribution in [0.5, 0.6) is 11.5 Å². The molecule has 1 fully saturated rings. The average molecular weight is 403 g/mol. The highest BCUT2D eigenvalue weighted by molar-refractivity contribution is 8.18. The van der Waals surface area contributed by atoms with Crippen LogP contribution in [0.1, 0.15) is 19.4 Å². The second kappa shape index (κ2) is 8.97. The van der Waals surface area contributed by atoms with Crippen molar-refractivity contribution in [2.75, 3.05) is 13.2 Å². The van der Waals surface area contributed by atoms with Gasteiger partial charge in [-0.3, -0.25) is 4.79 Å². The number of benzene rings is 2. The molecule has 0 aromatic heterocycles. The van der Waals surface area contributed by atoms with Crippen molar-refractivity contribution in [1.29, 1.82) is 0 Å². The van der Waals surface area contributed by atoms with Crippen molar-refractivity contribution in [3.8, 4) is 11.5 Å². The molecule has 1 aliphatic rings. The summed E-state index contributed by atoms with van der Waals surface area (Å²) in [5.74, 6) is 1.19. The summed E-state index contributed by atoms with van der Waals surface area (Å²) < 4.78 is 11.2. The minimum atomic E-state index is -0.206. The van der Waals surface area contributed by atoms with E-state index in [1.165, 1.54) is 11.8 Å². The van der Waals surface area contributed by atoms with Crippen molar-refractivity contribution in [3.05, 3.63) is 58.0 Å². The Balaban J connectivity index is 1.87. The number of nitrogens with one attached hydrogen (secondary N) is 1. The van der Waals surface area contributed by atoms with Crippen molar-refractivity contribution in [3.63, 3.8) is 0 Å². The number of thioether (sulfide) groups is 1. The van der Waals surface area contributed by atoms with Crippen LogP contribution in [0.25, 0.3) is 6.08 Å². The van der Waals surface area contributed by atoms with Crippen LogP contribution in [0.2, 0.25) is 5.02 Å². The number of rotatable bonds is 6. The average Bonchev–Trinajstić information content (AvgIpc) is 2.99. The highest BCUT2D eigenvalue weighted by Gasteiger charge is 2.24. The Hall–Kier alpha value is -2.44. The second-order valence-electron chi connectivity index (χ2n) is 5.50. The van der Waals surface area contributed by atoms with Gasteiger partial charge in [0.15, 0.2) is 5.17 Å². The minimum absolute atomic E-state index is 0.206. The second-order valence-corrected chi connectivity index (χ2v) is 6.94. The van der Waals surface area contributed by atoms with Gasteiger partial charge in [-0.15, -0.1) is 0 Å². The topological polar surface area (TPSA) is 59.9 Å². The SMILES string of the molecule is CCOc1ccc(/C=C2/SC(=Nc3ccccc3Cl)NC2=O)c(OCC)c1. The molecule has 140 valence electrons. The molecule has 1 saturated heterocycles. The fraction of sp³-hybridized carbons (Fsp3) is 0.200. The molecule has 1 amide bonds. The van der Waals surface area contributed by atoms with E-state index in [9.17, 15) is 4.79 Å². The van der Waals surface area contributed by atoms with E-state index >= 15 is 0 Å². The molecule has 0 bridgehead atoms. The number of amides is 1. The van der Waals surface area contributed by atoms with Crippen LogP contribution in [0.3, 0.4) is 0 Å². The smallest absolute Gasteiger partial charge is 0.264 e. The lowest BCUT2D eigenvalue weighted by molar-refractivity contribution is -0.115. The summed E-state index contributed by atoms with van der Waals surface area (Å²) in [5, 5.41) is 3.78. The first-order chi connectivity index (χ1) is 13.1. The summed E-state index contributed by atoms with van der Waals surface area (Å²) in [7, 11) is 0. The van der Waals surface area contributed by atoms with Crippen molar-refractivity contribution in [2.45, 2.75) is 13.8 Å². The van der Waals surface area contributed by atoms with Crippen LogP contribution < -0.4 is 14.8 Å². The third-order valence-corrected chi connectivity index (χ3v) is 4.84. The van der Waals surface area contributed by atoms with Gasteiger partial charge in [0.2, 0.25) is 0 Å². The molecule has 2 aromatic carbocycles. The molecule has 27 heavy (non-hydrogen) atoms. The summed E-state index contributed by atoms with van der Waals surface area (Å²) >= 11 is 7.39. The zero-order valence-electron chi connectivity index (χ0n) is 15.0. The standard InChI is InChI=1S/C20H19ClN2O3S/c1-3-25-14-10-9-13(17(12-14)26-4-2)11-18-19(24)23-20(27-18)22-16-8-6-5-7-15(16)21/h5-12H,3-4H2,1-2H3,(H,22,23,24)/b18-11+. The molecular formula is C20H19ClN2O3S. The number of para-hydroxylation sites is 1. The number of aliphatic imine (C=N–C) groups is 1. The van der Waals surface area contributed by atoms with Gasteiger partial charge in [-0.25, -0.2) is 4.99 Å². The number of hydrogen-bond acceptors (Lipinski definition) is 5. The van der Waals surface area contributed by atoms with Gasteiger partial charge in [0.1, 0.15) is 11.5 Å². The molecule has 3 rings (SSSR count). The largest absolute Gasteiger partial charge is 0.494 e. The number of hydrogen-bond donors (Lipinski definition) is 1. The molecule has 0 unspecified atom stereocenters. The van der Waals surface area contributed by atoms with Crippen molar-refractivity contribution in [2.24, 2.45) is 4.99 Å². The molecule has 2 aromatic rings. The minimum Gasteiger partial charge on any atom is -0.494 e. The van der Waals surface area contributed by atoms with Gasteiger partial charge < -0.3 is 14.8 Å². The molecular weight excluding hydrogens is 384 g/mol. The number of carbonyl (C=O) groups is 1. The van der Waals surface area contributed by atoms with Crippen LogP contribution in [-0.4, -0.2) is 24.3 Å². The van der Waals surface area contributed by atoms with Gasteiger partial charge in [0.25, 0.3) is 5.91 Å². The van der Waals surface area contributed by atoms with E-state index in [1.54, 1.807) is 18.2 Å². The zero-order valence-corrected chi connectivity index (χ0v) is 16.6. The van der Waals surface area contributed by atoms with Crippen molar-refractivity contribution in [1.82, 2.24) is 5.32 Å². The first-order valence-corrected chi connectivity index (χ1v) is 9.74. The number of amidine groups is 1. The van der Waals surface area contributed by atoms with E-state index in [-0.39, 0.29) is 5.91 Å². The van der Waals surface area contributed by atoms with Gasteiger partial charge in [-0.1, -0.05) is 23.7 Å². The lowest BCUT2D eigenvalue weighted by atomic mass is 10.1. The number of nitrogens with zero attached hydrogens (tertiary/aromatic N) is 1.